The minimum Gasteiger partial charge on any atom is -0.465 e. The van der Waals surface area contributed by atoms with Crippen LogP contribution in [0.15, 0.2) is 24.5 Å². The molecule has 0 aliphatic rings. The lowest BCUT2D eigenvalue weighted by Gasteiger charge is -2.04. The van der Waals surface area contributed by atoms with Gasteiger partial charge in [-0.05, 0) is 18.6 Å². The van der Waals surface area contributed by atoms with Crippen molar-refractivity contribution in [3.05, 3.63) is 40.0 Å². The summed E-state index contributed by atoms with van der Waals surface area (Å²) in [5.74, 6) is 0.268. The van der Waals surface area contributed by atoms with Crippen molar-refractivity contribution >= 4 is 23.1 Å². The SMILES string of the molecule is CCc1cnc(CNc2cc(C(=O)OC)ccn2)s1. The lowest BCUT2D eigenvalue weighted by Crippen LogP contribution is -2.05. The second-order valence-electron chi connectivity index (χ2n) is 3.85. The van der Waals surface area contributed by atoms with E-state index in [1.54, 1.807) is 29.7 Å². The third-order valence-corrected chi connectivity index (χ3v) is 3.69. The zero-order valence-electron chi connectivity index (χ0n) is 10.8. The summed E-state index contributed by atoms with van der Waals surface area (Å²) >= 11 is 1.67. The normalized spacial score (nSPS) is 10.2. The average Bonchev–Trinajstić information content (AvgIpc) is 2.92. The fourth-order valence-electron chi connectivity index (χ4n) is 1.53. The molecule has 0 bridgehead atoms. The summed E-state index contributed by atoms with van der Waals surface area (Å²) in [6.07, 6.45) is 4.46. The summed E-state index contributed by atoms with van der Waals surface area (Å²) < 4.78 is 4.67. The van der Waals surface area contributed by atoms with E-state index in [9.17, 15) is 4.79 Å². The zero-order chi connectivity index (χ0) is 13.7. The summed E-state index contributed by atoms with van der Waals surface area (Å²) in [5, 5.41) is 4.15. The molecule has 2 aromatic heterocycles. The van der Waals surface area contributed by atoms with E-state index in [1.807, 2.05) is 6.20 Å². The number of hydrogen-bond acceptors (Lipinski definition) is 6. The van der Waals surface area contributed by atoms with Gasteiger partial charge in [0.15, 0.2) is 0 Å². The third kappa shape index (κ3) is 3.51. The topological polar surface area (TPSA) is 64.1 Å². The van der Waals surface area contributed by atoms with Crippen LogP contribution in [0.3, 0.4) is 0 Å². The van der Waals surface area contributed by atoms with E-state index in [4.69, 9.17) is 0 Å². The molecule has 0 radical (unpaired) electrons. The third-order valence-electron chi connectivity index (χ3n) is 2.55. The first-order valence-corrected chi connectivity index (χ1v) is 6.76. The molecule has 0 amide bonds. The maximum atomic E-state index is 11.4. The maximum Gasteiger partial charge on any atom is 0.338 e. The molecule has 5 nitrogen and oxygen atoms in total. The predicted molar refractivity (Wildman–Crippen MR) is 74.4 cm³/mol. The van der Waals surface area contributed by atoms with E-state index in [0.717, 1.165) is 11.4 Å². The minimum atomic E-state index is -0.368. The Hall–Kier alpha value is -1.95. The van der Waals surface area contributed by atoms with Crippen molar-refractivity contribution in [1.82, 2.24) is 9.97 Å². The molecule has 0 saturated heterocycles. The Morgan fingerprint density at radius 2 is 2.32 bits per heavy atom. The highest BCUT2D eigenvalue weighted by Gasteiger charge is 2.07. The largest absolute Gasteiger partial charge is 0.465 e. The van der Waals surface area contributed by atoms with Gasteiger partial charge in [0.1, 0.15) is 10.8 Å². The number of thiazole rings is 1. The first-order chi connectivity index (χ1) is 9.22. The van der Waals surface area contributed by atoms with Gasteiger partial charge in [0.2, 0.25) is 0 Å². The first kappa shape index (κ1) is 13.5. The van der Waals surface area contributed by atoms with Crippen LogP contribution < -0.4 is 5.32 Å². The molecule has 6 heteroatoms. The zero-order valence-corrected chi connectivity index (χ0v) is 11.7. The molecule has 0 fully saturated rings. The van der Waals surface area contributed by atoms with Gasteiger partial charge in [0.25, 0.3) is 0 Å². The summed E-state index contributed by atoms with van der Waals surface area (Å²) in [6, 6.07) is 3.29. The molecule has 0 saturated carbocycles. The Kier molecular flexibility index (Phi) is 4.46. The van der Waals surface area contributed by atoms with Crippen molar-refractivity contribution in [3.8, 4) is 0 Å². The number of pyridine rings is 1. The Bertz CT molecular complexity index is 569. The van der Waals surface area contributed by atoms with Gasteiger partial charge in [-0.1, -0.05) is 6.92 Å². The number of rotatable bonds is 5. The molecular weight excluding hydrogens is 262 g/mol. The molecule has 2 rings (SSSR count). The number of methoxy groups -OCH3 is 1. The number of anilines is 1. The Balaban J connectivity index is 2.01. The van der Waals surface area contributed by atoms with Crippen molar-refractivity contribution in [2.24, 2.45) is 0 Å². The lowest BCUT2D eigenvalue weighted by atomic mass is 10.2. The summed E-state index contributed by atoms with van der Waals surface area (Å²) in [4.78, 5) is 21.1. The lowest BCUT2D eigenvalue weighted by molar-refractivity contribution is 0.0600. The fourth-order valence-corrected chi connectivity index (χ4v) is 2.33. The highest BCUT2D eigenvalue weighted by molar-refractivity contribution is 7.11. The summed E-state index contributed by atoms with van der Waals surface area (Å²) in [6.45, 7) is 2.70. The van der Waals surface area contributed by atoms with Crippen LogP contribution in [0.2, 0.25) is 0 Å². The smallest absolute Gasteiger partial charge is 0.338 e. The van der Waals surface area contributed by atoms with Crippen molar-refractivity contribution in [2.45, 2.75) is 19.9 Å². The predicted octanol–water partition coefficient (Wildman–Crippen LogP) is 2.50. The number of nitrogens with zero attached hydrogens (tertiary/aromatic N) is 2. The van der Waals surface area contributed by atoms with Crippen LogP contribution in [0.25, 0.3) is 0 Å². The van der Waals surface area contributed by atoms with E-state index >= 15 is 0 Å². The van der Waals surface area contributed by atoms with Crippen LogP contribution in [-0.4, -0.2) is 23.0 Å². The van der Waals surface area contributed by atoms with Crippen molar-refractivity contribution < 1.29 is 9.53 Å². The molecule has 0 atom stereocenters. The van der Waals surface area contributed by atoms with Crippen LogP contribution in [-0.2, 0) is 17.7 Å². The van der Waals surface area contributed by atoms with E-state index in [2.05, 4.69) is 26.9 Å². The Labute approximate surface area is 115 Å². The standard InChI is InChI=1S/C13H15N3O2S/c1-3-10-7-16-12(19-10)8-15-11-6-9(4-5-14-11)13(17)18-2/h4-7H,3,8H2,1-2H3,(H,14,15). The van der Waals surface area contributed by atoms with Crippen molar-refractivity contribution in [1.29, 1.82) is 0 Å². The molecule has 100 valence electrons. The molecule has 0 aliphatic carbocycles. The second kappa shape index (κ2) is 6.29. The molecule has 0 aromatic carbocycles. The number of aromatic nitrogens is 2. The molecule has 19 heavy (non-hydrogen) atoms. The molecular formula is C13H15N3O2S. The highest BCUT2D eigenvalue weighted by atomic mass is 32.1. The Morgan fingerprint density at radius 1 is 1.47 bits per heavy atom. The number of carbonyl (C=O) groups excluding carboxylic acids is 1. The van der Waals surface area contributed by atoms with Gasteiger partial charge in [-0.2, -0.15) is 0 Å². The number of aryl methyl sites for hydroxylation is 1. The van der Waals surface area contributed by atoms with Gasteiger partial charge in [-0.3, -0.25) is 0 Å². The average molecular weight is 277 g/mol. The number of esters is 1. The van der Waals surface area contributed by atoms with Crippen LogP contribution in [0.4, 0.5) is 5.82 Å². The Morgan fingerprint density at radius 3 is 3.00 bits per heavy atom. The van der Waals surface area contributed by atoms with Gasteiger partial charge in [-0.15, -0.1) is 11.3 Å². The number of carbonyl (C=O) groups is 1. The van der Waals surface area contributed by atoms with Gasteiger partial charge >= 0.3 is 5.97 Å². The molecule has 1 N–H and O–H groups in total. The van der Waals surface area contributed by atoms with Gasteiger partial charge < -0.3 is 10.1 Å². The fraction of sp³-hybridized carbons (Fsp3) is 0.308. The van der Waals surface area contributed by atoms with Crippen LogP contribution in [0, 0.1) is 0 Å². The number of nitrogens with one attached hydrogen (secondary N) is 1. The van der Waals surface area contributed by atoms with Crippen LogP contribution in [0.1, 0.15) is 27.2 Å². The van der Waals surface area contributed by atoms with Crippen LogP contribution in [0.5, 0.6) is 0 Å². The van der Waals surface area contributed by atoms with E-state index < -0.39 is 0 Å². The van der Waals surface area contributed by atoms with Crippen molar-refractivity contribution in [3.63, 3.8) is 0 Å². The molecule has 0 spiro atoms. The maximum absolute atomic E-state index is 11.4. The van der Waals surface area contributed by atoms with Gasteiger partial charge in [-0.25, -0.2) is 14.8 Å². The number of hydrogen-bond donors (Lipinski definition) is 1. The monoisotopic (exact) mass is 277 g/mol. The first-order valence-electron chi connectivity index (χ1n) is 5.94. The van der Waals surface area contributed by atoms with Gasteiger partial charge in [0, 0.05) is 17.3 Å². The molecule has 2 aromatic rings. The van der Waals surface area contributed by atoms with E-state index in [-0.39, 0.29) is 5.97 Å². The van der Waals surface area contributed by atoms with E-state index in [1.165, 1.54) is 12.0 Å². The van der Waals surface area contributed by atoms with E-state index in [0.29, 0.717) is 17.9 Å². The molecule has 2 heterocycles. The quantitative estimate of drug-likeness (QED) is 0.851. The second-order valence-corrected chi connectivity index (χ2v) is 5.05. The van der Waals surface area contributed by atoms with Gasteiger partial charge in [0.05, 0.1) is 19.2 Å². The number of ether oxygens (including phenoxy) is 1. The minimum absolute atomic E-state index is 0.368. The van der Waals surface area contributed by atoms with Crippen molar-refractivity contribution in [2.75, 3.05) is 12.4 Å². The summed E-state index contributed by atoms with van der Waals surface area (Å²) in [7, 11) is 1.36. The summed E-state index contributed by atoms with van der Waals surface area (Å²) in [5.41, 5.74) is 0.480. The van der Waals surface area contributed by atoms with Crippen LogP contribution >= 0.6 is 11.3 Å². The molecule has 0 unspecified atom stereocenters. The highest BCUT2D eigenvalue weighted by Crippen LogP contribution is 2.15. The molecule has 0 aliphatic heterocycles.